The third-order valence-corrected chi connectivity index (χ3v) is 6.55. The average Bonchev–Trinajstić information content (AvgIpc) is 3.11. The molecule has 3 fully saturated rings. The molecule has 1 unspecified atom stereocenters. The average molecular weight is 355 g/mol. The lowest BCUT2D eigenvalue weighted by Gasteiger charge is -2.44. The fourth-order valence-electron chi connectivity index (χ4n) is 5.08. The number of nitrogens with zero attached hydrogens (tertiary/aromatic N) is 3. The van der Waals surface area contributed by atoms with Gasteiger partial charge in [-0.25, -0.2) is 0 Å². The highest BCUT2D eigenvalue weighted by Gasteiger charge is 2.50. The first-order valence-corrected chi connectivity index (χ1v) is 10.2. The van der Waals surface area contributed by atoms with Gasteiger partial charge in [-0.1, -0.05) is 25.3 Å². The Balaban J connectivity index is 1.42. The van der Waals surface area contributed by atoms with E-state index >= 15 is 0 Å². The molecule has 0 N–H and O–H groups in total. The Labute approximate surface area is 155 Å². The van der Waals surface area contributed by atoms with Crippen LogP contribution in [0, 0.1) is 5.41 Å². The van der Waals surface area contributed by atoms with Crippen LogP contribution in [0.25, 0.3) is 0 Å². The van der Waals surface area contributed by atoms with E-state index in [1.807, 2.05) is 23.1 Å². The zero-order valence-electron chi connectivity index (χ0n) is 15.5. The van der Waals surface area contributed by atoms with Crippen LogP contribution in [0.15, 0.2) is 24.4 Å². The van der Waals surface area contributed by atoms with Crippen LogP contribution in [-0.2, 0) is 16.0 Å². The maximum Gasteiger partial charge on any atom is 0.230 e. The van der Waals surface area contributed by atoms with E-state index in [2.05, 4.69) is 9.88 Å². The normalized spacial score (nSPS) is 27.3. The van der Waals surface area contributed by atoms with Gasteiger partial charge in [0.25, 0.3) is 0 Å². The molecule has 3 heterocycles. The van der Waals surface area contributed by atoms with Gasteiger partial charge in [0.2, 0.25) is 11.8 Å². The molecule has 1 atom stereocenters. The van der Waals surface area contributed by atoms with E-state index in [1.54, 1.807) is 6.20 Å². The lowest BCUT2D eigenvalue weighted by atomic mass is 9.77. The van der Waals surface area contributed by atoms with Crippen LogP contribution in [-0.4, -0.2) is 52.3 Å². The van der Waals surface area contributed by atoms with Gasteiger partial charge in [0.05, 0.1) is 11.8 Å². The van der Waals surface area contributed by atoms with Gasteiger partial charge in [0.15, 0.2) is 0 Å². The van der Waals surface area contributed by atoms with E-state index < -0.39 is 0 Å². The van der Waals surface area contributed by atoms with Gasteiger partial charge in [-0.2, -0.15) is 0 Å². The summed E-state index contributed by atoms with van der Waals surface area (Å²) in [5, 5.41) is 0. The zero-order chi connectivity index (χ0) is 18.0. The number of piperidine rings is 1. The van der Waals surface area contributed by atoms with Gasteiger partial charge in [-0.15, -0.1) is 0 Å². The summed E-state index contributed by atoms with van der Waals surface area (Å²) in [6.45, 7) is 2.21. The molecule has 2 aliphatic heterocycles. The molecule has 5 nitrogen and oxygen atoms in total. The van der Waals surface area contributed by atoms with Crippen molar-refractivity contribution in [3.8, 4) is 0 Å². The Morgan fingerprint density at radius 1 is 1.12 bits per heavy atom. The molecule has 1 aromatic heterocycles. The van der Waals surface area contributed by atoms with Crippen LogP contribution in [0.1, 0.15) is 57.1 Å². The van der Waals surface area contributed by atoms with Crippen LogP contribution in [0.3, 0.4) is 0 Å². The van der Waals surface area contributed by atoms with Crippen molar-refractivity contribution in [1.82, 2.24) is 14.8 Å². The molecule has 0 aromatic carbocycles. The number of hydrogen-bond acceptors (Lipinski definition) is 3. The van der Waals surface area contributed by atoms with Crippen LogP contribution >= 0.6 is 0 Å². The van der Waals surface area contributed by atoms with Crippen molar-refractivity contribution < 1.29 is 9.59 Å². The van der Waals surface area contributed by atoms with E-state index in [-0.39, 0.29) is 11.3 Å². The number of likely N-dealkylation sites (tertiary alicyclic amines) is 2. The molecule has 3 aliphatic rings. The third-order valence-electron chi connectivity index (χ3n) is 6.55. The van der Waals surface area contributed by atoms with Crippen molar-refractivity contribution in [2.75, 3.05) is 19.6 Å². The fraction of sp³-hybridized carbons (Fsp3) is 0.667. The summed E-state index contributed by atoms with van der Waals surface area (Å²) in [6.07, 6.45) is 11.0. The van der Waals surface area contributed by atoms with Crippen molar-refractivity contribution in [1.29, 1.82) is 0 Å². The monoisotopic (exact) mass is 355 g/mol. The second kappa shape index (κ2) is 7.37. The molecule has 2 amide bonds. The molecular weight excluding hydrogens is 326 g/mol. The minimum atomic E-state index is -0.324. The highest BCUT2D eigenvalue weighted by atomic mass is 16.2. The first kappa shape index (κ1) is 17.5. The van der Waals surface area contributed by atoms with E-state index in [4.69, 9.17) is 0 Å². The summed E-state index contributed by atoms with van der Waals surface area (Å²) in [5.74, 6) is 0.423. The van der Waals surface area contributed by atoms with Crippen molar-refractivity contribution in [3.63, 3.8) is 0 Å². The summed E-state index contributed by atoms with van der Waals surface area (Å²) < 4.78 is 0. The van der Waals surface area contributed by atoms with Crippen LogP contribution < -0.4 is 0 Å². The predicted octanol–water partition coefficient (Wildman–Crippen LogP) is 2.80. The van der Waals surface area contributed by atoms with Crippen LogP contribution in [0.4, 0.5) is 0 Å². The molecule has 1 spiro atoms. The molecule has 5 heteroatoms. The van der Waals surface area contributed by atoms with E-state index in [0.29, 0.717) is 31.5 Å². The Hall–Kier alpha value is -1.91. The van der Waals surface area contributed by atoms with Gasteiger partial charge in [0, 0.05) is 37.6 Å². The number of aromatic nitrogens is 1. The topological polar surface area (TPSA) is 53.5 Å². The van der Waals surface area contributed by atoms with E-state index in [1.165, 1.54) is 19.3 Å². The maximum atomic E-state index is 13.4. The zero-order valence-corrected chi connectivity index (χ0v) is 15.5. The molecule has 0 radical (unpaired) electrons. The van der Waals surface area contributed by atoms with E-state index in [0.717, 1.165) is 44.3 Å². The predicted molar refractivity (Wildman–Crippen MR) is 99.4 cm³/mol. The van der Waals surface area contributed by atoms with Crippen LogP contribution in [0.2, 0.25) is 0 Å². The molecule has 140 valence electrons. The highest BCUT2D eigenvalue weighted by Crippen LogP contribution is 2.42. The molecule has 4 rings (SSSR count). The van der Waals surface area contributed by atoms with Crippen molar-refractivity contribution in [2.45, 2.75) is 63.8 Å². The number of hydrogen-bond donors (Lipinski definition) is 0. The summed E-state index contributed by atoms with van der Waals surface area (Å²) in [5.41, 5.74) is 0.479. The molecule has 26 heavy (non-hydrogen) atoms. The van der Waals surface area contributed by atoms with Crippen molar-refractivity contribution in [2.24, 2.45) is 5.41 Å². The van der Waals surface area contributed by atoms with Crippen molar-refractivity contribution in [3.05, 3.63) is 30.1 Å². The number of pyridine rings is 1. The van der Waals surface area contributed by atoms with E-state index in [9.17, 15) is 9.59 Å². The molecule has 1 aromatic rings. The smallest absolute Gasteiger partial charge is 0.230 e. The Bertz CT molecular complexity index is 656. The molecule has 2 saturated heterocycles. The Morgan fingerprint density at radius 3 is 2.73 bits per heavy atom. The first-order chi connectivity index (χ1) is 12.7. The van der Waals surface area contributed by atoms with Gasteiger partial charge in [-0.05, 0) is 44.2 Å². The standard InChI is InChI=1S/C21H29N3O2/c25-19(15-17-7-4-5-12-22-17)23-14-11-21(16-23)10-6-13-24(20(21)26)18-8-2-1-3-9-18/h4-5,7,12,18H,1-3,6,8-11,13-16H2. The summed E-state index contributed by atoms with van der Waals surface area (Å²) in [6, 6.07) is 6.10. The number of rotatable bonds is 3. The quantitative estimate of drug-likeness (QED) is 0.838. The minimum absolute atomic E-state index is 0.100. The maximum absolute atomic E-state index is 13.4. The van der Waals surface area contributed by atoms with Gasteiger partial charge >= 0.3 is 0 Å². The minimum Gasteiger partial charge on any atom is -0.341 e. The Morgan fingerprint density at radius 2 is 1.96 bits per heavy atom. The SMILES string of the molecule is O=C(Cc1ccccn1)N1CCC2(CCCN(C3CCCCC3)C2=O)C1. The van der Waals surface area contributed by atoms with Gasteiger partial charge in [-0.3, -0.25) is 14.6 Å². The van der Waals surface area contributed by atoms with Gasteiger partial charge < -0.3 is 9.80 Å². The van der Waals surface area contributed by atoms with Crippen LogP contribution in [0.5, 0.6) is 0 Å². The second-order valence-electron chi connectivity index (χ2n) is 8.24. The Kier molecular flexibility index (Phi) is 4.96. The molecular formula is C21H29N3O2. The highest BCUT2D eigenvalue weighted by molar-refractivity contribution is 5.86. The summed E-state index contributed by atoms with van der Waals surface area (Å²) >= 11 is 0. The lowest BCUT2D eigenvalue weighted by Crippen LogP contribution is -2.54. The van der Waals surface area contributed by atoms with Crippen molar-refractivity contribution >= 4 is 11.8 Å². The lowest BCUT2D eigenvalue weighted by molar-refractivity contribution is -0.149. The largest absolute Gasteiger partial charge is 0.341 e. The number of amides is 2. The second-order valence-corrected chi connectivity index (χ2v) is 8.24. The van der Waals surface area contributed by atoms with Gasteiger partial charge in [0.1, 0.15) is 0 Å². The third kappa shape index (κ3) is 3.36. The summed E-state index contributed by atoms with van der Waals surface area (Å²) in [7, 11) is 0. The molecule has 0 bridgehead atoms. The summed E-state index contributed by atoms with van der Waals surface area (Å²) in [4.78, 5) is 34.4. The number of carbonyl (C=O) groups is 2. The molecule has 1 aliphatic carbocycles. The molecule has 1 saturated carbocycles. The number of carbonyl (C=O) groups excluding carboxylic acids is 2. The fourth-order valence-corrected chi connectivity index (χ4v) is 5.08. The first-order valence-electron chi connectivity index (χ1n) is 10.2.